The van der Waals surface area contributed by atoms with Crippen LogP contribution in [0.15, 0.2) is 0 Å². The molecule has 0 radical (unpaired) electrons. The molecule has 0 amide bonds. The van der Waals surface area contributed by atoms with Crippen molar-refractivity contribution >= 4 is 0 Å². The molecule has 0 spiro atoms. The molecule has 1 rings (SSSR count). The predicted molar refractivity (Wildman–Crippen MR) is 92.0 cm³/mol. The molecule has 0 unspecified atom stereocenters. The van der Waals surface area contributed by atoms with Crippen molar-refractivity contribution in [3.8, 4) is 0 Å². The van der Waals surface area contributed by atoms with E-state index in [0.717, 1.165) is 17.8 Å². The van der Waals surface area contributed by atoms with Gasteiger partial charge in [-0.25, -0.2) is 0 Å². The van der Waals surface area contributed by atoms with E-state index in [-0.39, 0.29) is 0 Å². The average Bonchev–Trinajstić information content (AvgIpc) is 2.27. The van der Waals surface area contributed by atoms with Crippen molar-refractivity contribution in [2.24, 2.45) is 23.5 Å². The van der Waals surface area contributed by atoms with Gasteiger partial charge in [0.1, 0.15) is 0 Å². The predicted octanol–water partition coefficient (Wildman–Crippen LogP) is 4.53. The summed E-state index contributed by atoms with van der Waals surface area (Å²) in [5, 5.41) is 0. The van der Waals surface area contributed by atoms with E-state index in [4.69, 9.17) is 5.73 Å². The summed E-state index contributed by atoms with van der Waals surface area (Å²) < 4.78 is 0. The molecule has 0 aromatic heterocycles. The highest BCUT2D eigenvalue weighted by Gasteiger charge is 2.10. The van der Waals surface area contributed by atoms with E-state index in [1.165, 1.54) is 51.7 Å². The maximum Gasteiger partial charge on any atom is 0.00388 e. The molecule has 0 aromatic rings. The van der Waals surface area contributed by atoms with Crippen LogP contribution in [0.3, 0.4) is 0 Å². The molecule has 0 aliphatic heterocycles. The summed E-state index contributed by atoms with van der Waals surface area (Å²) >= 11 is 0. The molecule has 1 saturated carbocycles. The Balaban J connectivity index is 0.000000428. The Kier molecular flexibility index (Phi) is 11.5. The van der Waals surface area contributed by atoms with Crippen LogP contribution in [-0.2, 0) is 0 Å². The van der Waals surface area contributed by atoms with Crippen LogP contribution in [-0.4, -0.2) is 30.6 Å². The maximum absolute atomic E-state index is 5.63. The Labute approximate surface area is 128 Å². The van der Waals surface area contributed by atoms with Crippen molar-refractivity contribution in [3.05, 3.63) is 0 Å². The zero-order valence-corrected chi connectivity index (χ0v) is 15.0. The Morgan fingerprint density at radius 1 is 0.750 bits per heavy atom. The van der Waals surface area contributed by atoms with Gasteiger partial charge in [0.15, 0.2) is 0 Å². The summed E-state index contributed by atoms with van der Waals surface area (Å²) in [5.41, 5.74) is 5.63. The molecule has 0 bridgehead atoms. The van der Waals surface area contributed by atoms with Crippen LogP contribution in [0, 0.1) is 17.8 Å². The van der Waals surface area contributed by atoms with E-state index in [2.05, 4.69) is 46.4 Å². The Hall–Kier alpha value is -0.0800. The van der Waals surface area contributed by atoms with E-state index in [0.29, 0.717) is 6.04 Å². The number of nitrogens with two attached hydrogens (primary N) is 1. The largest absolute Gasteiger partial charge is 0.328 e. The molecule has 0 heterocycles. The van der Waals surface area contributed by atoms with Crippen LogP contribution >= 0.6 is 0 Å². The van der Waals surface area contributed by atoms with Gasteiger partial charge < -0.3 is 10.6 Å². The van der Waals surface area contributed by atoms with Gasteiger partial charge in [-0.2, -0.15) is 0 Å². The van der Waals surface area contributed by atoms with Gasteiger partial charge in [-0.1, -0.05) is 60.8 Å². The van der Waals surface area contributed by atoms with Gasteiger partial charge in [0.05, 0.1) is 0 Å². The molecule has 122 valence electrons. The molecule has 0 saturated heterocycles. The van der Waals surface area contributed by atoms with Gasteiger partial charge in [0.2, 0.25) is 0 Å². The SMILES string of the molecule is CC(C)CN(CC(C)C)CC(C)C.NC1CCCCC1. The third-order valence-corrected chi connectivity index (χ3v) is 3.52. The van der Waals surface area contributed by atoms with E-state index in [9.17, 15) is 0 Å². The molecule has 20 heavy (non-hydrogen) atoms. The maximum atomic E-state index is 5.63. The second-order valence-electron chi connectivity index (χ2n) is 7.80. The standard InChI is InChI=1S/C12H27N.C6H13N/c1-10(2)7-13(8-11(3)4)9-12(5)6;7-6-4-2-1-3-5-6/h10-12H,7-9H2,1-6H3;6H,1-5,7H2. The lowest BCUT2D eigenvalue weighted by atomic mass is 9.97. The van der Waals surface area contributed by atoms with Crippen molar-refractivity contribution < 1.29 is 0 Å². The summed E-state index contributed by atoms with van der Waals surface area (Å²) in [6.45, 7) is 17.5. The van der Waals surface area contributed by atoms with Gasteiger partial charge in [0, 0.05) is 25.7 Å². The first kappa shape index (κ1) is 19.9. The minimum absolute atomic E-state index is 0.536. The smallest absolute Gasteiger partial charge is 0.00388 e. The summed E-state index contributed by atoms with van der Waals surface area (Å²) in [4.78, 5) is 2.60. The van der Waals surface area contributed by atoms with Crippen LogP contribution in [0.2, 0.25) is 0 Å². The van der Waals surface area contributed by atoms with E-state index < -0.39 is 0 Å². The second-order valence-corrected chi connectivity index (χ2v) is 7.80. The normalized spacial score (nSPS) is 16.9. The lowest BCUT2D eigenvalue weighted by Gasteiger charge is -2.27. The van der Waals surface area contributed by atoms with Crippen LogP contribution in [0.5, 0.6) is 0 Å². The molecule has 1 fully saturated rings. The molecule has 0 atom stereocenters. The van der Waals surface area contributed by atoms with Crippen molar-refractivity contribution in [3.63, 3.8) is 0 Å². The Bertz CT molecular complexity index is 182. The van der Waals surface area contributed by atoms with Crippen LogP contribution in [0.4, 0.5) is 0 Å². The summed E-state index contributed by atoms with van der Waals surface area (Å²) in [6, 6.07) is 0.536. The first-order valence-electron chi connectivity index (χ1n) is 8.79. The lowest BCUT2D eigenvalue weighted by Crippen LogP contribution is -2.34. The first-order chi connectivity index (χ1) is 9.31. The molecule has 1 aliphatic carbocycles. The molecule has 2 N–H and O–H groups in total. The minimum atomic E-state index is 0.536. The van der Waals surface area contributed by atoms with Crippen LogP contribution < -0.4 is 5.73 Å². The second kappa shape index (κ2) is 11.6. The van der Waals surface area contributed by atoms with Gasteiger partial charge in [0.25, 0.3) is 0 Å². The topological polar surface area (TPSA) is 29.3 Å². The van der Waals surface area contributed by atoms with Gasteiger partial charge in [-0.3, -0.25) is 0 Å². The molecule has 0 aromatic carbocycles. The van der Waals surface area contributed by atoms with Crippen molar-refractivity contribution in [1.82, 2.24) is 4.90 Å². The lowest BCUT2D eigenvalue weighted by molar-refractivity contribution is 0.198. The zero-order chi connectivity index (χ0) is 15.5. The van der Waals surface area contributed by atoms with Crippen LogP contribution in [0.25, 0.3) is 0 Å². The van der Waals surface area contributed by atoms with Gasteiger partial charge in [-0.15, -0.1) is 0 Å². The summed E-state index contributed by atoms with van der Waals surface area (Å²) in [7, 11) is 0. The highest BCUT2D eigenvalue weighted by Crippen LogP contribution is 2.14. The zero-order valence-electron chi connectivity index (χ0n) is 15.0. The van der Waals surface area contributed by atoms with Gasteiger partial charge >= 0.3 is 0 Å². The Morgan fingerprint density at radius 3 is 1.30 bits per heavy atom. The van der Waals surface area contributed by atoms with E-state index >= 15 is 0 Å². The third kappa shape index (κ3) is 12.9. The number of hydrogen-bond acceptors (Lipinski definition) is 2. The number of nitrogens with zero attached hydrogens (tertiary/aromatic N) is 1. The van der Waals surface area contributed by atoms with E-state index in [1.807, 2.05) is 0 Å². The first-order valence-corrected chi connectivity index (χ1v) is 8.79. The number of hydrogen-bond donors (Lipinski definition) is 1. The van der Waals surface area contributed by atoms with E-state index in [1.54, 1.807) is 0 Å². The molecule has 2 heteroatoms. The minimum Gasteiger partial charge on any atom is -0.328 e. The quantitative estimate of drug-likeness (QED) is 0.776. The van der Waals surface area contributed by atoms with Crippen molar-refractivity contribution in [2.45, 2.75) is 79.7 Å². The fourth-order valence-corrected chi connectivity index (χ4v) is 2.91. The van der Waals surface area contributed by atoms with Gasteiger partial charge in [-0.05, 0) is 30.6 Å². The molecule has 2 nitrogen and oxygen atoms in total. The summed E-state index contributed by atoms with van der Waals surface area (Å²) in [6.07, 6.45) is 6.66. The highest BCUT2D eigenvalue weighted by molar-refractivity contribution is 4.66. The number of rotatable bonds is 6. The highest BCUT2D eigenvalue weighted by atomic mass is 15.1. The van der Waals surface area contributed by atoms with Crippen molar-refractivity contribution in [1.29, 1.82) is 0 Å². The molecular weight excluding hydrogens is 244 g/mol. The van der Waals surface area contributed by atoms with Crippen molar-refractivity contribution in [2.75, 3.05) is 19.6 Å². The summed E-state index contributed by atoms with van der Waals surface area (Å²) in [5.74, 6) is 2.37. The third-order valence-electron chi connectivity index (χ3n) is 3.52. The fraction of sp³-hybridized carbons (Fsp3) is 1.00. The van der Waals surface area contributed by atoms with Crippen LogP contribution in [0.1, 0.15) is 73.6 Å². The Morgan fingerprint density at radius 2 is 1.10 bits per heavy atom. The molecular formula is C18H40N2. The average molecular weight is 285 g/mol. The fourth-order valence-electron chi connectivity index (χ4n) is 2.91. The molecule has 1 aliphatic rings. The monoisotopic (exact) mass is 284 g/mol.